The Labute approximate surface area is 176 Å². The summed E-state index contributed by atoms with van der Waals surface area (Å²) in [5.41, 5.74) is -1.63. The molecule has 1 aliphatic heterocycles. The van der Waals surface area contributed by atoms with Crippen molar-refractivity contribution in [2.24, 2.45) is 0 Å². The number of amides is 2. The molecular formula is C21H11F5N2O2S. The van der Waals surface area contributed by atoms with Crippen molar-refractivity contribution < 1.29 is 31.5 Å². The molecule has 3 aromatic rings. The van der Waals surface area contributed by atoms with Crippen LogP contribution in [0.3, 0.4) is 0 Å². The molecule has 0 saturated carbocycles. The molecule has 0 aliphatic carbocycles. The van der Waals surface area contributed by atoms with Crippen LogP contribution in [0.15, 0.2) is 65.7 Å². The molecule has 0 bridgehead atoms. The largest absolute Gasteiger partial charge is 0.416 e. The number of hydrogen-bond donors (Lipinski definition) is 1. The Balaban J connectivity index is 1.79. The summed E-state index contributed by atoms with van der Waals surface area (Å²) < 4.78 is 66.2. The molecule has 2 amide bonds. The lowest BCUT2D eigenvalue weighted by Crippen LogP contribution is -2.32. The van der Waals surface area contributed by atoms with E-state index in [2.05, 4.69) is 5.32 Å². The molecule has 0 fully saturated rings. The van der Waals surface area contributed by atoms with Gasteiger partial charge in [0.15, 0.2) is 11.6 Å². The van der Waals surface area contributed by atoms with E-state index >= 15 is 0 Å². The third kappa shape index (κ3) is 3.81. The molecule has 0 spiro atoms. The second-order valence-electron chi connectivity index (χ2n) is 6.47. The van der Waals surface area contributed by atoms with Gasteiger partial charge in [0.05, 0.1) is 16.8 Å². The summed E-state index contributed by atoms with van der Waals surface area (Å²) in [5, 5.41) is 4.27. The Morgan fingerprint density at radius 3 is 2.29 bits per heavy atom. The highest BCUT2D eigenvalue weighted by Crippen LogP contribution is 2.37. The Kier molecular flexibility index (Phi) is 5.10. The summed E-state index contributed by atoms with van der Waals surface area (Å²) in [6.45, 7) is 0. The van der Waals surface area contributed by atoms with Gasteiger partial charge in [0, 0.05) is 16.6 Å². The highest BCUT2D eigenvalue weighted by atomic mass is 32.1. The van der Waals surface area contributed by atoms with Crippen LogP contribution in [0, 0.1) is 11.6 Å². The first kappa shape index (κ1) is 20.7. The lowest BCUT2D eigenvalue weighted by atomic mass is 10.1. The predicted octanol–water partition coefficient (Wildman–Crippen LogP) is 5.44. The molecule has 0 unspecified atom stereocenters. The molecule has 4 rings (SSSR count). The number of carbonyl (C=O) groups excluding carboxylic acids is 2. The lowest BCUT2D eigenvalue weighted by molar-refractivity contribution is -0.137. The van der Waals surface area contributed by atoms with Gasteiger partial charge in [0.1, 0.15) is 5.70 Å². The van der Waals surface area contributed by atoms with Crippen molar-refractivity contribution in [1.29, 1.82) is 0 Å². The number of nitrogens with one attached hydrogen (secondary N) is 1. The number of anilines is 2. The third-order valence-electron chi connectivity index (χ3n) is 4.47. The smallest absolute Gasteiger partial charge is 0.350 e. The number of benzene rings is 2. The van der Waals surface area contributed by atoms with Crippen LogP contribution in [0.1, 0.15) is 10.4 Å². The molecule has 2 aromatic carbocycles. The topological polar surface area (TPSA) is 49.4 Å². The summed E-state index contributed by atoms with van der Waals surface area (Å²) >= 11 is 1.14. The van der Waals surface area contributed by atoms with E-state index in [0.717, 1.165) is 35.6 Å². The average Bonchev–Trinajstić information content (AvgIpc) is 3.31. The molecule has 0 radical (unpaired) electrons. The molecule has 1 aliphatic rings. The summed E-state index contributed by atoms with van der Waals surface area (Å²) in [4.78, 5) is 27.2. The van der Waals surface area contributed by atoms with Crippen LogP contribution in [0.5, 0.6) is 0 Å². The second-order valence-corrected chi connectivity index (χ2v) is 7.42. The number of halogens is 5. The maximum absolute atomic E-state index is 13.6. The van der Waals surface area contributed by atoms with Gasteiger partial charge in [-0.3, -0.25) is 9.59 Å². The zero-order valence-electron chi connectivity index (χ0n) is 15.3. The molecule has 4 nitrogen and oxygen atoms in total. The third-order valence-corrected chi connectivity index (χ3v) is 5.36. The van der Waals surface area contributed by atoms with Crippen LogP contribution in [-0.4, -0.2) is 11.8 Å². The van der Waals surface area contributed by atoms with Crippen molar-refractivity contribution in [1.82, 2.24) is 0 Å². The van der Waals surface area contributed by atoms with E-state index in [1.165, 1.54) is 12.1 Å². The number of imide groups is 1. The van der Waals surface area contributed by atoms with Crippen molar-refractivity contribution in [2.45, 2.75) is 6.18 Å². The second kappa shape index (κ2) is 7.62. The fraction of sp³-hybridized carbons (Fsp3) is 0.0476. The number of thiophene rings is 1. The molecule has 31 heavy (non-hydrogen) atoms. The van der Waals surface area contributed by atoms with Crippen molar-refractivity contribution in [3.63, 3.8) is 0 Å². The summed E-state index contributed by atoms with van der Waals surface area (Å²) in [5.74, 6) is -4.03. The normalized spacial score (nSPS) is 14.5. The Morgan fingerprint density at radius 1 is 0.871 bits per heavy atom. The predicted molar refractivity (Wildman–Crippen MR) is 105 cm³/mol. The van der Waals surface area contributed by atoms with Crippen molar-refractivity contribution >= 4 is 40.1 Å². The highest BCUT2D eigenvalue weighted by Gasteiger charge is 2.41. The van der Waals surface area contributed by atoms with Gasteiger partial charge in [-0.05, 0) is 41.8 Å². The van der Waals surface area contributed by atoms with Gasteiger partial charge in [-0.15, -0.1) is 11.3 Å². The first-order valence-corrected chi connectivity index (χ1v) is 9.61. The van der Waals surface area contributed by atoms with Gasteiger partial charge in [0.25, 0.3) is 11.8 Å². The van der Waals surface area contributed by atoms with E-state index in [9.17, 15) is 31.5 Å². The number of carbonyl (C=O) groups is 2. The van der Waals surface area contributed by atoms with E-state index in [4.69, 9.17) is 0 Å². The van der Waals surface area contributed by atoms with Crippen molar-refractivity contribution in [3.8, 4) is 0 Å². The van der Waals surface area contributed by atoms with Crippen LogP contribution in [0.2, 0.25) is 0 Å². The average molecular weight is 450 g/mol. The van der Waals surface area contributed by atoms with Crippen LogP contribution < -0.4 is 10.2 Å². The molecule has 0 saturated heterocycles. The maximum atomic E-state index is 13.6. The quantitative estimate of drug-likeness (QED) is 0.425. The molecule has 158 valence electrons. The molecular weight excluding hydrogens is 439 g/mol. The van der Waals surface area contributed by atoms with E-state index in [1.807, 2.05) is 0 Å². The number of hydrogen-bond acceptors (Lipinski definition) is 4. The number of alkyl halides is 3. The van der Waals surface area contributed by atoms with E-state index in [1.54, 1.807) is 17.5 Å². The highest BCUT2D eigenvalue weighted by molar-refractivity contribution is 7.11. The standard InChI is InChI=1S/C21H11F5N2O2S/c22-14-7-6-12(10-15(14)23)27-18-17(16-5-2-8-31-16)19(29)28(20(18)30)13-4-1-3-11(9-13)21(24,25)26/h1-10,27H. The van der Waals surface area contributed by atoms with Gasteiger partial charge < -0.3 is 5.32 Å². The van der Waals surface area contributed by atoms with E-state index in [-0.39, 0.29) is 22.6 Å². The van der Waals surface area contributed by atoms with Gasteiger partial charge >= 0.3 is 6.18 Å². The number of rotatable bonds is 4. The molecule has 2 heterocycles. The number of nitrogens with zero attached hydrogens (tertiary/aromatic N) is 1. The SMILES string of the molecule is O=C1C(Nc2ccc(F)c(F)c2)=C(c2cccs2)C(=O)N1c1cccc(C(F)(F)F)c1. The maximum Gasteiger partial charge on any atom is 0.416 e. The van der Waals surface area contributed by atoms with Crippen LogP contribution in [0.25, 0.3) is 5.57 Å². The Bertz CT molecular complexity index is 1220. The van der Waals surface area contributed by atoms with E-state index in [0.29, 0.717) is 15.8 Å². The summed E-state index contributed by atoms with van der Waals surface area (Å²) in [6.07, 6.45) is -4.67. The molecule has 1 aromatic heterocycles. The van der Waals surface area contributed by atoms with Gasteiger partial charge in [-0.25, -0.2) is 13.7 Å². The van der Waals surface area contributed by atoms with Crippen LogP contribution >= 0.6 is 11.3 Å². The van der Waals surface area contributed by atoms with Crippen LogP contribution in [0.4, 0.5) is 33.3 Å². The van der Waals surface area contributed by atoms with Gasteiger partial charge in [-0.1, -0.05) is 12.1 Å². The minimum absolute atomic E-state index is 0.00463. The van der Waals surface area contributed by atoms with E-state index < -0.39 is 35.2 Å². The first-order valence-electron chi connectivity index (χ1n) is 8.73. The first-order chi connectivity index (χ1) is 14.7. The monoisotopic (exact) mass is 450 g/mol. The Morgan fingerprint density at radius 2 is 1.65 bits per heavy atom. The van der Waals surface area contributed by atoms with Gasteiger partial charge in [-0.2, -0.15) is 13.2 Å². The summed E-state index contributed by atoms with van der Waals surface area (Å²) in [7, 11) is 0. The van der Waals surface area contributed by atoms with Crippen LogP contribution in [-0.2, 0) is 15.8 Å². The fourth-order valence-corrected chi connectivity index (χ4v) is 3.84. The minimum Gasteiger partial charge on any atom is -0.350 e. The summed E-state index contributed by atoms with van der Waals surface area (Å²) in [6, 6.07) is 9.82. The fourth-order valence-electron chi connectivity index (χ4n) is 3.07. The van der Waals surface area contributed by atoms with Crippen molar-refractivity contribution in [3.05, 3.63) is 87.7 Å². The molecule has 1 N–H and O–H groups in total. The Hall–Kier alpha value is -3.53. The zero-order chi connectivity index (χ0) is 22.3. The molecule has 10 heteroatoms. The zero-order valence-corrected chi connectivity index (χ0v) is 16.2. The molecule has 0 atom stereocenters. The van der Waals surface area contributed by atoms with Crippen molar-refractivity contribution in [2.75, 3.05) is 10.2 Å². The van der Waals surface area contributed by atoms with Gasteiger partial charge in [0.2, 0.25) is 0 Å². The minimum atomic E-state index is -4.67. The lowest BCUT2D eigenvalue weighted by Gasteiger charge is -2.17.